The van der Waals surface area contributed by atoms with E-state index in [0.29, 0.717) is 5.69 Å². The fraction of sp³-hybridized carbons (Fsp3) is 0.385. The van der Waals surface area contributed by atoms with Crippen LogP contribution in [0.2, 0.25) is 0 Å². The average molecular weight is 308 g/mol. The van der Waals surface area contributed by atoms with Crippen LogP contribution >= 0.6 is 0 Å². The normalized spacial score (nSPS) is 12.3. The summed E-state index contributed by atoms with van der Waals surface area (Å²) in [6.45, 7) is 5.01. The largest absolute Gasteiger partial charge is 0.298 e. The van der Waals surface area contributed by atoms with Gasteiger partial charge >= 0.3 is 0 Å². The highest BCUT2D eigenvalue weighted by molar-refractivity contribution is 7.92. The number of carbonyl (C=O) groups excluding carboxylic acids is 1. The highest BCUT2D eigenvalue weighted by atomic mass is 32.2. The smallest absolute Gasteiger partial charge is 0.272 e. The van der Waals surface area contributed by atoms with E-state index in [1.54, 1.807) is 51.1 Å². The first-order valence-corrected chi connectivity index (χ1v) is 7.97. The lowest BCUT2D eigenvalue weighted by molar-refractivity contribution is -0.123. The maximum atomic E-state index is 12.4. The van der Waals surface area contributed by atoms with Crippen molar-refractivity contribution in [3.63, 3.8) is 0 Å². The molecule has 0 saturated heterocycles. The third-order valence-corrected chi connectivity index (χ3v) is 4.33. The zero-order valence-electron chi connectivity index (χ0n) is 12.0. The van der Waals surface area contributed by atoms with Gasteiger partial charge in [-0.15, -0.1) is 0 Å². The summed E-state index contributed by atoms with van der Waals surface area (Å²) in [5.74, 6) is -1.01. The van der Waals surface area contributed by atoms with E-state index in [4.69, 9.17) is 0 Å². The number of carbonyl (C=O) groups is 1. The first-order valence-electron chi connectivity index (χ1n) is 6.32. The Morgan fingerprint density at radius 2 is 1.81 bits per heavy atom. The van der Waals surface area contributed by atoms with E-state index in [9.17, 15) is 13.2 Å². The second kappa shape index (κ2) is 5.36. The van der Waals surface area contributed by atoms with Crippen LogP contribution in [0.3, 0.4) is 0 Å². The lowest BCUT2D eigenvalue weighted by Crippen LogP contribution is -2.29. The second-order valence-electron chi connectivity index (χ2n) is 5.64. The highest BCUT2D eigenvalue weighted by Gasteiger charge is 2.31. The molecule has 0 fully saturated rings. The molecule has 0 radical (unpaired) electrons. The maximum absolute atomic E-state index is 12.4. The molecule has 7 nitrogen and oxygen atoms in total. The van der Waals surface area contributed by atoms with Crippen LogP contribution in [-0.4, -0.2) is 40.2 Å². The van der Waals surface area contributed by atoms with Crippen LogP contribution < -0.4 is 0 Å². The molecule has 0 aliphatic rings. The second-order valence-corrected chi connectivity index (χ2v) is 7.52. The van der Waals surface area contributed by atoms with Gasteiger partial charge in [0.15, 0.2) is 5.78 Å². The molecule has 8 heteroatoms. The summed E-state index contributed by atoms with van der Waals surface area (Å²) in [5, 5.41) is 10.3. The molecular formula is C13H16N4O3S. The summed E-state index contributed by atoms with van der Waals surface area (Å²) in [6.07, 6.45) is 0. The number of aromatic nitrogens is 4. The lowest BCUT2D eigenvalue weighted by Gasteiger charge is -2.16. The molecule has 0 bridgehead atoms. The predicted molar refractivity (Wildman–Crippen MR) is 75.7 cm³/mol. The van der Waals surface area contributed by atoms with Crippen LogP contribution in [0, 0.1) is 5.41 Å². The Kier molecular flexibility index (Phi) is 3.91. The molecule has 2 rings (SSSR count). The van der Waals surface area contributed by atoms with Gasteiger partial charge in [-0.1, -0.05) is 44.1 Å². The number of tetrazole rings is 1. The molecule has 1 heterocycles. The quantitative estimate of drug-likeness (QED) is 0.838. The van der Waals surface area contributed by atoms with E-state index in [0.717, 1.165) is 4.68 Å². The minimum Gasteiger partial charge on any atom is -0.298 e. The zero-order chi connectivity index (χ0) is 15.7. The minimum absolute atomic E-state index is 0.327. The minimum atomic E-state index is -3.90. The van der Waals surface area contributed by atoms with Gasteiger partial charge in [-0.25, -0.2) is 8.42 Å². The Bertz CT molecular complexity index is 745. The van der Waals surface area contributed by atoms with Crippen molar-refractivity contribution in [3.8, 4) is 5.69 Å². The van der Waals surface area contributed by atoms with E-state index in [1.165, 1.54) is 0 Å². The number of benzene rings is 1. The Balaban J connectivity index is 2.40. The number of Topliss-reactive ketones (excluding diaryl/α,β-unsaturated/α-hetero) is 1. The van der Waals surface area contributed by atoms with Crippen molar-refractivity contribution in [3.05, 3.63) is 30.3 Å². The standard InChI is InChI=1S/C13H16N4O3S/c1-13(2,3)11(18)9-21(19,20)12-14-15-16-17(12)10-7-5-4-6-8-10/h4-8H,9H2,1-3H3. The Morgan fingerprint density at radius 3 is 2.38 bits per heavy atom. The van der Waals surface area contributed by atoms with Crippen LogP contribution in [0.15, 0.2) is 35.5 Å². The molecule has 0 aliphatic heterocycles. The highest BCUT2D eigenvalue weighted by Crippen LogP contribution is 2.19. The van der Waals surface area contributed by atoms with Crippen molar-refractivity contribution in [2.45, 2.75) is 25.9 Å². The van der Waals surface area contributed by atoms with Crippen LogP contribution in [0.25, 0.3) is 5.69 Å². The van der Waals surface area contributed by atoms with Gasteiger partial charge in [-0.2, -0.15) is 4.68 Å². The Hall–Kier alpha value is -2.09. The van der Waals surface area contributed by atoms with Crippen LogP contribution in [0.1, 0.15) is 20.8 Å². The number of hydrogen-bond donors (Lipinski definition) is 0. The molecule has 0 N–H and O–H groups in total. The summed E-state index contributed by atoms with van der Waals surface area (Å²) >= 11 is 0. The number of hydrogen-bond acceptors (Lipinski definition) is 6. The molecule has 2 aromatic rings. The van der Waals surface area contributed by atoms with E-state index in [-0.39, 0.29) is 10.9 Å². The number of para-hydroxylation sites is 1. The summed E-state index contributed by atoms with van der Waals surface area (Å²) in [4.78, 5) is 12.0. The fourth-order valence-corrected chi connectivity index (χ4v) is 3.03. The van der Waals surface area contributed by atoms with Crippen molar-refractivity contribution >= 4 is 15.6 Å². The monoisotopic (exact) mass is 308 g/mol. The maximum Gasteiger partial charge on any atom is 0.272 e. The molecule has 0 aliphatic carbocycles. The van der Waals surface area contributed by atoms with E-state index >= 15 is 0 Å². The van der Waals surface area contributed by atoms with E-state index in [2.05, 4.69) is 15.5 Å². The molecule has 21 heavy (non-hydrogen) atoms. The third kappa shape index (κ3) is 3.33. The Morgan fingerprint density at radius 1 is 1.19 bits per heavy atom. The number of rotatable bonds is 4. The van der Waals surface area contributed by atoms with Gasteiger partial charge in [-0.05, 0) is 22.6 Å². The average Bonchev–Trinajstić information content (AvgIpc) is 2.88. The van der Waals surface area contributed by atoms with Gasteiger partial charge < -0.3 is 0 Å². The predicted octanol–water partition coefficient (Wildman–Crippen LogP) is 1.05. The molecule has 0 atom stereocenters. The van der Waals surface area contributed by atoms with Crippen LogP contribution in [0.4, 0.5) is 0 Å². The molecule has 0 unspecified atom stereocenters. The molecular weight excluding hydrogens is 292 g/mol. The SMILES string of the molecule is CC(C)(C)C(=O)CS(=O)(=O)c1nnnn1-c1ccccc1. The summed E-state index contributed by atoms with van der Waals surface area (Å²) < 4.78 is 25.8. The molecule has 1 aromatic heterocycles. The van der Waals surface area contributed by atoms with Crippen LogP contribution in [-0.2, 0) is 14.6 Å². The molecule has 0 amide bonds. The molecule has 0 spiro atoms. The van der Waals surface area contributed by atoms with Crippen molar-refractivity contribution in [1.82, 2.24) is 20.2 Å². The van der Waals surface area contributed by atoms with Crippen molar-refractivity contribution in [2.24, 2.45) is 5.41 Å². The number of sulfone groups is 1. The van der Waals surface area contributed by atoms with Crippen LogP contribution in [0.5, 0.6) is 0 Å². The van der Waals surface area contributed by atoms with Gasteiger partial charge in [0, 0.05) is 5.41 Å². The topological polar surface area (TPSA) is 94.8 Å². The number of ketones is 1. The summed E-state index contributed by atoms with van der Waals surface area (Å²) in [7, 11) is -3.90. The zero-order valence-corrected chi connectivity index (χ0v) is 12.8. The third-order valence-electron chi connectivity index (χ3n) is 2.88. The lowest BCUT2D eigenvalue weighted by atomic mass is 9.92. The van der Waals surface area contributed by atoms with Crippen molar-refractivity contribution in [1.29, 1.82) is 0 Å². The first-order chi connectivity index (χ1) is 9.72. The first kappa shape index (κ1) is 15.3. The van der Waals surface area contributed by atoms with Crippen molar-refractivity contribution in [2.75, 3.05) is 5.75 Å². The van der Waals surface area contributed by atoms with Gasteiger partial charge in [0.25, 0.3) is 5.16 Å². The number of nitrogens with zero attached hydrogens (tertiary/aromatic N) is 4. The Labute approximate surface area is 122 Å². The molecule has 112 valence electrons. The van der Waals surface area contributed by atoms with Gasteiger partial charge in [0.05, 0.1) is 5.69 Å². The summed E-state index contributed by atoms with van der Waals surface area (Å²) in [6, 6.07) is 8.65. The van der Waals surface area contributed by atoms with Gasteiger partial charge in [0.1, 0.15) is 5.75 Å². The molecule has 1 aromatic carbocycles. The van der Waals surface area contributed by atoms with Gasteiger partial charge in [0.2, 0.25) is 9.84 Å². The van der Waals surface area contributed by atoms with E-state index in [1.807, 2.05) is 0 Å². The van der Waals surface area contributed by atoms with E-state index < -0.39 is 21.0 Å². The fourth-order valence-electron chi connectivity index (χ4n) is 1.56. The summed E-state index contributed by atoms with van der Waals surface area (Å²) in [5.41, 5.74) is -0.220. The van der Waals surface area contributed by atoms with Crippen molar-refractivity contribution < 1.29 is 13.2 Å². The van der Waals surface area contributed by atoms with Gasteiger partial charge in [-0.3, -0.25) is 4.79 Å². The molecule has 0 saturated carbocycles.